The minimum Gasteiger partial charge on any atom is -0.548 e. The molecule has 1 amide bonds. The summed E-state index contributed by atoms with van der Waals surface area (Å²) >= 11 is 1.52. The summed E-state index contributed by atoms with van der Waals surface area (Å²) in [6, 6.07) is 25.4. The molecule has 1 unspecified atom stereocenters. The predicted octanol–water partition coefficient (Wildman–Crippen LogP) is 2.63. The van der Waals surface area contributed by atoms with Gasteiger partial charge in [-0.3, -0.25) is 4.79 Å². The smallest absolute Gasteiger partial charge is 0.548 e. The van der Waals surface area contributed by atoms with Crippen LogP contribution in [0.25, 0.3) is 23.3 Å². The zero-order valence-corrected chi connectivity index (χ0v) is 23.6. The number of nitrogens with one attached hydrogen (secondary N) is 1. The number of aliphatic carboxylic acids is 1. The molecule has 1 heterocycles. The maximum atomic E-state index is 13.2. The molecule has 8 heteroatoms. The average Bonchev–Trinajstić information content (AvgIpc) is 2.95. The number of amides is 1. The molecule has 198 valence electrons. The molecule has 0 fully saturated rings. The fourth-order valence-electron chi connectivity index (χ4n) is 4.03. The van der Waals surface area contributed by atoms with Crippen LogP contribution in [0.5, 0.6) is 11.6 Å². The zero-order valence-electron chi connectivity index (χ0n) is 22.8. The van der Waals surface area contributed by atoms with Gasteiger partial charge in [-0.25, -0.2) is 4.98 Å². The Labute approximate surface area is 251 Å². The number of ether oxygens (including phenoxy) is 1. The third-order valence-electron chi connectivity index (χ3n) is 6.12. The van der Waals surface area contributed by atoms with E-state index in [1.807, 2.05) is 104 Å². The van der Waals surface area contributed by atoms with Crippen molar-refractivity contribution in [2.45, 2.75) is 19.4 Å². The molecule has 1 aromatic heterocycles. The summed E-state index contributed by atoms with van der Waals surface area (Å²) in [5.41, 5.74) is 4.80. The minimum atomic E-state index is -1.29. The van der Waals surface area contributed by atoms with Gasteiger partial charge in [0.05, 0.1) is 12.0 Å². The van der Waals surface area contributed by atoms with Crippen molar-refractivity contribution in [3.8, 4) is 22.8 Å². The number of para-hydroxylation sites is 1. The maximum Gasteiger partial charge on any atom is 1.00 e. The molecule has 40 heavy (non-hydrogen) atoms. The molecule has 0 saturated carbocycles. The van der Waals surface area contributed by atoms with Gasteiger partial charge in [-0.2, -0.15) is 11.8 Å². The first kappa shape index (κ1) is 30.8. The third-order valence-corrected chi connectivity index (χ3v) is 6.76. The molecular weight excluding hydrogens is 515 g/mol. The van der Waals surface area contributed by atoms with Crippen LogP contribution in [0, 0.1) is 6.92 Å². The van der Waals surface area contributed by atoms with E-state index in [9.17, 15) is 14.7 Å². The number of thioether (sulfide) groups is 1. The van der Waals surface area contributed by atoms with Gasteiger partial charge in [-0.15, -0.1) is 0 Å². The quantitative estimate of drug-likeness (QED) is 0.292. The molecule has 4 aromatic rings. The number of aryl methyl sites for hydroxylation is 1. The molecule has 6 nitrogen and oxygen atoms in total. The number of carboxylic acids is 1. The summed E-state index contributed by atoms with van der Waals surface area (Å²) in [6.45, 7) is 1.98. The Bertz CT molecular complexity index is 1460. The molecule has 0 saturated heterocycles. The molecule has 0 aliphatic heterocycles. The van der Waals surface area contributed by atoms with E-state index < -0.39 is 17.9 Å². The minimum absolute atomic E-state index is 0. The summed E-state index contributed by atoms with van der Waals surface area (Å²) < 4.78 is 5.76. The number of carboxylic acid groups (broad SMARTS) is 1. The van der Waals surface area contributed by atoms with E-state index in [0.29, 0.717) is 23.6 Å². The van der Waals surface area contributed by atoms with Crippen LogP contribution >= 0.6 is 11.8 Å². The zero-order chi connectivity index (χ0) is 27.6. The third kappa shape index (κ3) is 8.37. The predicted molar refractivity (Wildman–Crippen MR) is 156 cm³/mol. The van der Waals surface area contributed by atoms with Crippen LogP contribution in [0.4, 0.5) is 0 Å². The van der Waals surface area contributed by atoms with E-state index in [0.717, 1.165) is 33.6 Å². The first-order valence-electron chi connectivity index (χ1n) is 12.5. The van der Waals surface area contributed by atoms with E-state index in [1.165, 1.54) is 11.8 Å². The van der Waals surface area contributed by atoms with E-state index in [4.69, 9.17) is 4.74 Å². The van der Waals surface area contributed by atoms with Crippen LogP contribution in [0.15, 0.2) is 91.1 Å². The molecule has 1 N–H and O–H groups in total. The Morgan fingerprint density at radius 3 is 2.33 bits per heavy atom. The number of nitrogens with zero attached hydrogens (tertiary/aromatic N) is 1. The largest absolute Gasteiger partial charge is 1.00 e. The van der Waals surface area contributed by atoms with Crippen molar-refractivity contribution in [3.63, 3.8) is 0 Å². The van der Waals surface area contributed by atoms with Gasteiger partial charge in [0.1, 0.15) is 5.75 Å². The van der Waals surface area contributed by atoms with Crippen molar-refractivity contribution in [2.75, 3.05) is 12.0 Å². The molecule has 0 radical (unpaired) electrons. The van der Waals surface area contributed by atoms with Crippen LogP contribution < -0.4 is 34.0 Å². The van der Waals surface area contributed by atoms with Crippen molar-refractivity contribution in [3.05, 3.63) is 113 Å². The number of carbonyl (C=O) groups excluding carboxylic acids is 2. The van der Waals surface area contributed by atoms with Crippen LogP contribution in [-0.4, -0.2) is 34.9 Å². The second kappa shape index (κ2) is 15.1. The topological polar surface area (TPSA) is 91.3 Å². The van der Waals surface area contributed by atoms with Crippen LogP contribution in [-0.2, 0) is 4.79 Å². The molecule has 0 aliphatic rings. The average molecular weight is 545 g/mol. The molecule has 3 aromatic carbocycles. The Balaban J connectivity index is 0.00000441. The van der Waals surface area contributed by atoms with E-state index >= 15 is 0 Å². The van der Waals surface area contributed by atoms with Gasteiger partial charge >= 0.3 is 18.9 Å². The number of pyridine rings is 1. The van der Waals surface area contributed by atoms with E-state index in [2.05, 4.69) is 10.3 Å². The molecule has 1 atom stereocenters. The Morgan fingerprint density at radius 1 is 0.950 bits per heavy atom. The van der Waals surface area contributed by atoms with Crippen molar-refractivity contribution < 1.29 is 38.3 Å². The van der Waals surface area contributed by atoms with Crippen LogP contribution in [0.1, 0.15) is 33.5 Å². The summed E-state index contributed by atoms with van der Waals surface area (Å²) in [7, 11) is 0. The Morgan fingerprint density at radius 2 is 1.65 bits per heavy atom. The van der Waals surface area contributed by atoms with Crippen molar-refractivity contribution in [2.24, 2.45) is 0 Å². The van der Waals surface area contributed by atoms with Crippen molar-refractivity contribution in [1.82, 2.24) is 10.3 Å². The second-order valence-corrected chi connectivity index (χ2v) is 9.91. The molecule has 0 spiro atoms. The Kier molecular flexibility index (Phi) is 11.6. The number of rotatable bonds is 11. The summed E-state index contributed by atoms with van der Waals surface area (Å²) in [5.74, 6) is 0.0846. The first-order valence-corrected chi connectivity index (χ1v) is 13.9. The van der Waals surface area contributed by atoms with Gasteiger partial charge in [-0.05, 0) is 83.5 Å². The van der Waals surface area contributed by atoms with Gasteiger partial charge in [0, 0.05) is 17.8 Å². The Hall–Kier alpha value is -3.76. The van der Waals surface area contributed by atoms with Gasteiger partial charge < -0.3 is 20.0 Å². The second-order valence-electron chi connectivity index (χ2n) is 8.92. The van der Waals surface area contributed by atoms with Crippen molar-refractivity contribution in [1.29, 1.82) is 0 Å². The number of hydrogen-bond acceptors (Lipinski definition) is 6. The van der Waals surface area contributed by atoms with Crippen LogP contribution in [0.3, 0.4) is 0 Å². The number of aromatic nitrogens is 1. The van der Waals surface area contributed by atoms with E-state index in [1.54, 1.807) is 12.3 Å². The van der Waals surface area contributed by atoms with Crippen LogP contribution in [0.2, 0.25) is 0 Å². The van der Waals surface area contributed by atoms with Gasteiger partial charge in [-0.1, -0.05) is 60.7 Å². The first-order chi connectivity index (χ1) is 18.9. The van der Waals surface area contributed by atoms with Gasteiger partial charge in [0.15, 0.2) is 0 Å². The number of carbonyl (C=O) groups is 2. The molecular formula is C32H29LiN2O4S. The maximum absolute atomic E-state index is 13.2. The fraction of sp³-hybridized carbons (Fsp3) is 0.156. The SMILES string of the molecule is CSCCC(NC(=O)c1ccc(/C=C/c2ccc(Oc3ccccc3)nc2)cc1-c1ccccc1C)C(=O)[O-].[Li+]. The van der Waals surface area contributed by atoms with E-state index in [-0.39, 0.29) is 18.9 Å². The summed E-state index contributed by atoms with van der Waals surface area (Å²) in [6.07, 6.45) is 7.79. The summed E-state index contributed by atoms with van der Waals surface area (Å²) in [5, 5.41) is 14.3. The van der Waals surface area contributed by atoms with Crippen molar-refractivity contribution >= 4 is 35.8 Å². The van der Waals surface area contributed by atoms with Gasteiger partial charge in [0.25, 0.3) is 5.91 Å². The number of benzene rings is 3. The fourth-order valence-corrected chi connectivity index (χ4v) is 4.51. The summed E-state index contributed by atoms with van der Waals surface area (Å²) in [4.78, 5) is 29.2. The standard InChI is InChI=1S/C32H30N2O4S.Li/c1-22-8-6-7-11-26(22)28-20-23(14-16-27(28)31(35)34-29(32(36)37)18-19-39-2)12-13-24-15-17-30(33-21-24)38-25-9-4-3-5-10-25;/h3-17,20-21,29H,18-19H2,1-2H3,(H,34,35)(H,36,37);/q;+1/p-1/b13-12+;. The monoisotopic (exact) mass is 544 g/mol. The normalized spacial score (nSPS) is 11.4. The molecule has 4 rings (SSSR count). The molecule has 0 bridgehead atoms. The molecule has 0 aliphatic carbocycles. The number of hydrogen-bond donors (Lipinski definition) is 1. The van der Waals surface area contributed by atoms with Gasteiger partial charge in [0.2, 0.25) is 5.88 Å².